The molecule has 0 radical (unpaired) electrons. The summed E-state index contributed by atoms with van der Waals surface area (Å²) < 4.78 is 5.65. The Hall–Kier alpha value is -0.300. The summed E-state index contributed by atoms with van der Waals surface area (Å²) in [7, 11) is 0. The Morgan fingerprint density at radius 1 is 1.27 bits per heavy atom. The van der Waals surface area contributed by atoms with Crippen LogP contribution in [0.3, 0.4) is 0 Å². The van der Waals surface area contributed by atoms with E-state index in [1.807, 2.05) is 0 Å². The van der Waals surface area contributed by atoms with E-state index in [0.29, 0.717) is 6.10 Å². The molecule has 2 aliphatic rings. The second kappa shape index (κ2) is 2.98. The molecule has 11 heavy (non-hydrogen) atoms. The zero-order valence-corrected chi connectivity index (χ0v) is 7.01. The minimum atomic E-state index is 0.532. The molecule has 1 aliphatic heterocycles. The molecule has 0 amide bonds. The van der Waals surface area contributed by atoms with E-state index in [2.05, 4.69) is 6.58 Å². The van der Waals surface area contributed by atoms with Crippen LogP contribution in [0.2, 0.25) is 0 Å². The summed E-state index contributed by atoms with van der Waals surface area (Å²) in [5, 5.41) is 0. The molecule has 1 nitrogen and oxygen atoms in total. The van der Waals surface area contributed by atoms with Gasteiger partial charge in [-0.15, -0.1) is 0 Å². The quantitative estimate of drug-likeness (QED) is 0.525. The third-order valence-corrected chi connectivity index (χ3v) is 2.92. The lowest BCUT2D eigenvalue weighted by Crippen LogP contribution is -2.15. The summed E-state index contributed by atoms with van der Waals surface area (Å²) in [5.74, 6) is 0.856. The summed E-state index contributed by atoms with van der Waals surface area (Å²) in [6.07, 6.45) is 7.26. The second-order valence-corrected chi connectivity index (χ2v) is 3.85. The van der Waals surface area contributed by atoms with Gasteiger partial charge in [0.2, 0.25) is 0 Å². The molecule has 0 spiro atoms. The summed E-state index contributed by atoms with van der Waals surface area (Å²) >= 11 is 0. The van der Waals surface area contributed by atoms with Crippen LogP contribution < -0.4 is 0 Å². The van der Waals surface area contributed by atoms with Crippen LogP contribution in [0.15, 0.2) is 12.2 Å². The van der Waals surface area contributed by atoms with Crippen LogP contribution in [0, 0.1) is 5.92 Å². The van der Waals surface area contributed by atoms with Gasteiger partial charge in [-0.2, -0.15) is 0 Å². The summed E-state index contributed by atoms with van der Waals surface area (Å²) in [6.45, 7) is 4.77. The fraction of sp³-hybridized carbons (Fsp3) is 0.800. The maximum atomic E-state index is 5.65. The van der Waals surface area contributed by atoms with Crippen molar-refractivity contribution in [2.45, 2.75) is 38.2 Å². The van der Waals surface area contributed by atoms with Crippen molar-refractivity contribution in [3.05, 3.63) is 12.2 Å². The van der Waals surface area contributed by atoms with Crippen LogP contribution in [0.1, 0.15) is 32.1 Å². The highest BCUT2D eigenvalue weighted by molar-refractivity contribution is 5.03. The van der Waals surface area contributed by atoms with Gasteiger partial charge in [0.1, 0.15) is 0 Å². The maximum Gasteiger partial charge on any atom is 0.0679 e. The van der Waals surface area contributed by atoms with Crippen LogP contribution in [0.5, 0.6) is 0 Å². The Bertz CT molecular complexity index is 156. The second-order valence-electron chi connectivity index (χ2n) is 3.85. The molecular formula is C10H16O. The summed E-state index contributed by atoms with van der Waals surface area (Å²) in [4.78, 5) is 0. The smallest absolute Gasteiger partial charge is 0.0679 e. The predicted octanol–water partition coefficient (Wildman–Crippen LogP) is 2.52. The minimum Gasteiger partial charge on any atom is -0.373 e. The van der Waals surface area contributed by atoms with Crippen molar-refractivity contribution in [3.8, 4) is 0 Å². The van der Waals surface area contributed by atoms with Crippen LogP contribution in [0.4, 0.5) is 0 Å². The van der Waals surface area contributed by atoms with E-state index >= 15 is 0 Å². The zero-order valence-electron chi connectivity index (χ0n) is 7.01. The highest BCUT2D eigenvalue weighted by atomic mass is 16.5. The summed E-state index contributed by atoms with van der Waals surface area (Å²) in [6, 6.07) is 0. The Morgan fingerprint density at radius 2 is 2.00 bits per heavy atom. The predicted molar refractivity (Wildman–Crippen MR) is 45.5 cm³/mol. The van der Waals surface area contributed by atoms with E-state index in [-0.39, 0.29) is 0 Å². The van der Waals surface area contributed by atoms with Crippen molar-refractivity contribution in [2.75, 3.05) is 6.61 Å². The molecule has 2 rings (SSSR count). The van der Waals surface area contributed by atoms with Crippen molar-refractivity contribution >= 4 is 0 Å². The normalized spacial score (nSPS) is 33.5. The molecule has 1 aliphatic carbocycles. The molecule has 2 fully saturated rings. The standard InChI is InChI=1S/C10H16O/c1-8-6-10(11-7-8)9-4-2-3-5-9/h9-10H,1-7H2. The molecule has 1 saturated heterocycles. The molecule has 0 aromatic rings. The van der Waals surface area contributed by atoms with Gasteiger partial charge in [-0.05, 0) is 30.8 Å². The molecule has 1 heterocycles. The molecule has 0 aromatic heterocycles. The van der Waals surface area contributed by atoms with E-state index in [1.165, 1.54) is 31.3 Å². The van der Waals surface area contributed by atoms with Gasteiger partial charge in [0.15, 0.2) is 0 Å². The first kappa shape index (κ1) is 7.35. The average molecular weight is 152 g/mol. The van der Waals surface area contributed by atoms with Gasteiger partial charge >= 0.3 is 0 Å². The van der Waals surface area contributed by atoms with Crippen LogP contribution >= 0.6 is 0 Å². The van der Waals surface area contributed by atoms with E-state index < -0.39 is 0 Å². The minimum absolute atomic E-state index is 0.532. The Labute approximate surface area is 68.4 Å². The van der Waals surface area contributed by atoms with Crippen LogP contribution in [-0.4, -0.2) is 12.7 Å². The number of ether oxygens (including phenoxy) is 1. The van der Waals surface area contributed by atoms with Crippen molar-refractivity contribution in [2.24, 2.45) is 5.92 Å². The van der Waals surface area contributed by atoms with Gasteiger partial charge in [-0.3, -0.25) is 0 Å². The lowest BCUT2D eigenvalue weighted by atomic mass is 9.97. The van der Waals surface area contributed by atoms with Crippen molar-refractivity contribution in [1.29, 1.82) is 0 Å². The molecule has 1 saturated carbocycles. The number of rotatable bonds is 1. The maximum absolute atomic E-state index is 5.65. The zero-order chi connectivity index (χ0) is 7.68. The lowest BCUT2D eigenvalue weighted by molar-refractivity contribution is 0.0668. The first-order valence-corrected chi connectivity index (χ1v) is 4.64. The molecule has 0 bridgehead atoms. The Balaban J connectivity index is 1.90. The van der Waals surface area contributed by atoms with Gasteiger partial charge in [-0.25, -0.2) is 0 Å². The topological polar surface area (TPSA) is 9.23 Å². The van der Waals surface area contributed by atoms with E-state index in [0.717, 1.165) is 18.9 Å². The molecule has 1 unspecified atom stereocenters. The highest BCUT2D eigenvalue weighted by Crippen LogP contribution is 2.34. The van der Waals surface area contributed by atoms with Crippen LogP contribution in [0.25, 0.3) is 0 Å². The largest absolute Gasteiger partial charge is 0.373 e. The molecular weight excluding hydrogens is 136 g/mol. The fourth-order valence-corrected chi connectivity index (χ4v) is 2.26. The molecule has 62 valence electrons. The fourth-order valence-electron chi connectivity index (χ4n) is 2.26. The first-order valence-electron chi connectivity index (χ1n) is 4.64. The molecule has 0 N–H and O–H groups in total. The average Bonchev–Trinajstić information content (AvgIpc) is 2.55. The van der Waals surface area contributed by atoms with Crippen molar-refractivity contribution in [3.63, 3.8) is 0 Å². The summed E-state index contributed by atoms with van der Waals surface area (Å²) in [5.41, 5.74) is 1.29. The molecule has 0 aromatic carbocycles. The Kier molecular flexibility index (Phi) is 1.99. The number of hydrogen-bond acceptors (Lipinski definition) is 1. The Morgan fingerprint density at radius 3 is 2.55 bits per heavy atom. The lowest BCUT2D eigenvalue weighted by Gasteiger charge is -2.15. The SMILES string of the molecule is C=C1COC(C2CCCC2)C1. The first-order chi connectivity index (χ1) is 5.36. The van der Waals surface area contributed by atoms with E-state index in [1.54, 1.807) is 0 Å². The number of hydrogen-bond donors (Lipinski definition) is 0. The third kappa shape index (κ3) is 1.48. The van der Waals surface area contributed by atoms with Gasteiger partial charge in [0.05, 0.1) is 12.7 Å². The monoisotopic (exact) mass is 152 g/mol. The van der Waals surface area contributed by atoms with E-state index in [4.69, 9.17) is 4.74 Å². The van der Waals surface area contributed by atoms with Gasteiger partial charge in [-0.1, -0.05) is 19.4 Å². The van der Waals surface area contributed by atoms with Crippen LogP contribution in [-0.2, 0) is 4.74 Å². The van der Waals surface area contributed by atoms with E-state index in [9.17, 15) is 0 Å². The van der Waals surface area contributed by atoms with Crippen molar-refractivity contribution in [1.82, 2.24) is 0 Å². The van der Waals surface area contributed by atoms with Gasteiger partial charge in [0.25, 0.3) is 0 Å². The molecule has 1 heteroatoms. The van der Waals surface area contributed by atoms with Gasteiger partial charge < -0.3 is 4.74 Å². The molecule has 1 atom stereocenters. The van der Waals surface area contributed by atoms with Gasteiger partial charge in [0, 0.05) is 0 Å². The third-order valence-electron chi connectivity index (χ3n) is 2.92. The van der Waals surface area contributed by atoms with Crippen molar-refractivity contribution < 1.29 is 4.74 Å². The highest BCUT2D eigenvalue weighted by Gasteiger charge is 2.29.